The Kier molecular flexibility index (Phi) is 5.89. The average molecular weight is 353 g/mol. The minimum absolute atomic E-state index is 0.0923. The van der Waals surface area contributed by atoms with Gasteiger partial charge in [-0.2, -0.15) is 11.8 Å². The number of benzene rings is 1. The van der Waals surface area contributed by atoms with E-state index in [4.69, 9.17) is 11.6 Å². The maximum absolute atomic E-state index is 12.3. The van der Waals surface area contributed by atoms with Crippen molar-refractivity contribution in [1.82, 2.24) is 10.6 Å². The second kappa shape index (κ2) is 7.91. The summed E-state index contributed by atoms with van der Waals surface area (Å²) in [4.78, 5) is 12.3. The van der Waals surface area contributed by atoms with Gasteiger partial charge in [0.1, 0.15) is 0 Å². The highest BCUT2D eigenvalue weighted by molar-refractivity contribution is 7.99. The molecule has 5 heteroatoms. The summed E-state index contributed by atoms with van der Waals surface area (Å²) < 4.78 is 0. The minimum atomic E-state index is 0.0923. The molecule has 1 aromatic carbocycles. The van der Waals surface area contributed by atoms with Crippen LogP contribution in [0, 0.1) is 0 Å². The normalized spacial score (nSPS) is 23.6. The van der Waals surface area contributed by atoms with E-state index in [1.807, 2.05) is 23.9 Å². The summed E-state index contributed by atoms with van der Waals surface area (Å²) in [6.45, 7) is 1.75. The van der Waals surface area contributed by atoms with Gasteiger partial charge in [-0.15, -0.1) is 0 Å². The molecule has 126 valence electrons. The fraction of sp³-hybridized carbons (Fsp3) is 0.611. The second-order valence-corrected chi connectivity index (χ2v) is 8.29. The lowest BCUT2D eigenvalue weighted by atomic mass is 9.79. The molecule has 3 rings (SSSR count). The van der Waals surface area contributed by atoms with Gasteiger partial charge in [0.25, 0.3) is 0 Å². The zero-order valence-corrected chi connectivity index (χ0v) is 15.0. The number of amides is 1. The first-order chi connectivity index (χ1) is 11.2. The molecule has 2 N–H and O–H groups in total. The molecule has 2 aliphatic rings. The van der Waals surface area contributed by atoms with E-state index in [2.05, 4.69) is 22.8 Å². The van der Waals surface area contributed by atoms with Gasteiger partial charge in [-0.25, -0.2) is 0 Å². The van der Waals surface area contributed by atoms with Crippen LogP contribution in [0.25, 0.3) is 0 Å². The van der Waals surface area contributed by atoms with Crippen LogP contribution in [0.5, 0.6) is 0 Å². The predicted octanol–water partition coefficient (Wildman–Crippen LogP) is 3.36. The Morgan fingerprint density at radius 1 is 1.30 bits per heavy atom. The number of carbonyl (C=O) groups is 1. The van der Waals surface area contributed by atoms with E-state index in [9.17, 15) is 4.79 Å². The lowest BCUT2D eigenvalue weighted by Crippen LogP contribution is -2.44. The van der Waals surface area contributed by atoms with Crippen LogP contribution in [0.1, 0.15) is 37.7 Å². The number of halogens is 1. The molecule has 1 saturated heterocycles. The van der Waals surface area contributed by atoms with Gasteiger partial charge in [-0.3, -0.25) is 4.79 Å². The Hall–Kier alpha value is -0.710. The Labute approximate surface area is 147 Å². The van der Waals surface area contributed by atoms with E-state index in [1.165, 1.54) is 18.4 Å². The van der Waals surface area contributed by atoms with Gasteiger partial charge in [-0.05, 0) is 30.5 Å². The zero-order chi connectivity index (χ0) is 16.1. The van der Waals surface area contributed by atoms with Crippen molar-refractivity contribution in [2.24, 2.45) is 0 Å². The van der Waals surface area contributed by atoms with Crippen LogP contribution in [-0.4, -0.2) is 36.5 Å². The molecule has 2 fully saturated rings. The largest absolute Gasteiger partial charge is 0.355 e. The van der Waals surface area contributed by atoms with Crippen LogP contribution >= 0.6 is 23.4 Å². The van der Waals surface area contributed by atoms with Crippen LogP contribution in [0.3, 0.4) is 0 Å². The standard InChI is InChI=1S/C18H25ClN2OS/c19-15-5-3-14(4-6-15)18(7-1-2-8-18)13-21-17(22)11-16-12-23-10-9-20-16/h3-6,16,20H,1-2,7-13H2,(H,21,22). The van der Waals surface area contributed by atoms with E-state index < -0.39 is 0 Å². The molecule has 3 nitrogen and oxygen atoms in total. The van der Waals surface area contributed by atoms with Crippen molar-refractivity contribution < 1.29 is 4.79 Å². The van der Waals surface area contributed by atoms with Crippen molar-refractivity contribution in [3.05, 3.63) is 34.9 Å². The van der Waals surface area contributed by atoms with Crippen LogP contribution in [0.15, 0.2) is 24.3 Å². The SMILES string of the molecule is O=C(CC1CSCCN1)NCC1(c2ccc(Cl)cc2)CCCC1. The molecular formula is C18H25ClN2OS. The summed E-state index contributed by atoms with van der Waals surface area (Å²) in [6, 6.07) is 8.49. The van der Waals surface area contributed by atoms with E-state index in [0.29, 0.717) is 12.5 Å². The molecule has 0 radical (unpaired) electrons. The van der Waals surface area contributed by atoms with Gasteiger partial charge in [0, 0.05) is 47.5 Å². The highest BCUT2D eigenvalue weighted by Crippen LogP contribution is 2.40. The minimum Gasteiger partial charge on any atom is -0.355 e. The Balaban J connectivity index is 1.59. The quantitative estimate of drug-likeness (QED) is 0.853. The molecule has 0 bridgehead atoms. The summed E-state index contributed by atoms with van der Waals surface area (Å²) in [5.74, 6) is 2.36. The topological polar surface area (TPSA) is 41.1 Å². The lowest BCUT2D eigenvalue weighted by Gasteiger charge is -2.30. The van der Waals surface area contributed by atoms with Crippen molar-refractivity contribution in [3.8, 4) is 0 Å². The second-order valence-electron chi connectivity index (χ2n) is 6.70. The summed E-state index contributed by atoms with van der Waals surface area (Å²) in [7, 11) is 0. The maximum atomic E-state index is 12.3. The molecule has 23 heavy (non-hydrogen) atoms. The Bertz CT molecular complexity index is 522. The fourth-order valence-electron chi connectivity index (χ4n) is 3.74. The van der Waals surface area contributed by atoms with Gasteiger partial charge in [0.15, 0.2) is 0 Å². The zero-order valence-electron chi connectivity index (χ0n) is 13.4. The smallest absolute Gasteiger partial charge is 0.221 e. The Morgan fingerprint density at radius 2 is 2.04 bits per heavy atom. The van der Waals surface area contributed by atoms with E-state index in [0.717, 1.165) is 42.5 Å². The average Bonchev–Trinajstić information content (AvgIpc) is 3.05. The number of rotatable bonds is 5. The highest BCUT2D eigenvalue weighted by atomic mass is 35.5. The molecule has 0 spiro atoms. The first-order valence-corrected chi connectivity index (χ1v) is 10.1. The highest BCUT2D eigenvalue weighted by Gasteiger charge is 2.36. The monoisotopic (exact) mass is 352 g/mol. The molecule has 1 saturated carbocycles. The molecule has 1 aromatic rings. The van der Waals surface area contributed by atoms with Crippen molar-refractivity contribution in [1.29, 1.82) is 0 Å². The molecular weight excluding hydrogens is 328 g/mol. The third kappa shape index (κ3) is 4.43. The van der Waals surface area contributed by atoms with Crippen molar-refractivity contribution in [3.63, 3.8) is 0 Å². The van der Waals surface area contributed by atoms with Gasteiger partial charge in [-0.1, -0.05) is 36.6 Å². The first-order valence-electron chi connectivity index (χ1n) is 8.52. The van der Waals surface area contributed by atoms with Crippen LogP contribution in [-0.2, 0) is 10.2 Å². The summed E-state index contributed by atoms with van der Waals surface area (Å²) >= 11 is 7.95. The number of hydrogen-bond donors (Lipinski definition) is 2. The van der Waals surface area contributed by atoms with Gasteiger partial charge in [0.05, 0.1) is 0 Å². The first kappa shape index (κ1) is 17.1. The molecule has 1 heterocycles. The predicted molar refractivity (Wildman–Crippen MR) is 98.3 cm³/mol. The third-order valence-electron chi connectivity index (χ3n) is 5.07. The third-order valence-corrected chi connectivity index (χ3v) is 6.45. The molecule has 1 aliphatic carbocycles. The number of nitrogens with one attached hydrogen (secondary N) is 2. The van der Waals surface area contributed by atoms with E-state index in [1.54, 1.807) is 0 Å². The molecule has 1 aliphatic heterocycles. The number of hydrogen-bond acceptors (Lipinski definition) is 3. The van der Waals surface area contributed by atoms with Gasteiger partial charge < -0.3 is 10.6 Å². The Morgan fingerprint density at radius 3 is 2.70 bits per heavy atom. The summed E-state index contributed by atoms with van der Waals surface area (Å²) in [6.07, 6.45) is 5.35. The molecule has 0 aromatic heterocycles. The fourth-order valence-corrected chi connectivity index (χ4v) is 4.81. The molecule has 1 amide bonds. The summed E-state index contributed by atoms with van der Waals surface area (Å²) in [5.41, 5.74) is 1.40. The van der Waals surface area contributed by atoms with Crippen LogP contribution in [0.4, 0.5) is 0 Å². The van der Waals surface area contributed by atoms with Crippen molar-refractivity contribution in [2.45, 2.75) is 43.6 Å². The van der Waals surface area contributed by atoms with Gasteiger partial charge in [0.2, 0.25) is 5.91 Å². The van der Waals surface area contributed by atoms with Crippen LogP contribution in [0.2, 0.25) is 5.02 Å². The summed E-state index contributed by atoms with van der Waals surface area (Å²) in [5, 5.41) is 7.40. The lowest BCUT2D eigenvalue weighted by molar-refractivity contribution is -0.121. The van der Waals surface area contributed by atoms with E-state index >= 15 is 0 Å². The van der Waals surface area contributed by atoms with Gasteiger partial charge >= 0.3 is 0 Å². The van der Waals surface area contributed by atoms with Crippen molar-refractivity contribution >= 4 is 29.3 Å². The number of carbonyl (C=O) groups excluding carboxylic acids is 1. The molecule has 1 unspecified atom stereocenters. The van der Waals surface area contributed by atoms with Crippen LogP contribution < -0.4 is 10.6 Å². The maximum Gasteiger partial charge on any atom is 0.221 e. The molecule has 1 atom stereocenters. The number of thioether (sulfide) groups is 1. The van der Waals surface area contributed by atoms with Crippen molar-refractivity contribution in [2.75, 3.05) is 24.6 Å². The van der Waals surface area contributed by atoms with E-state index in [-0.39, 0.29) is 11.3 Å².